The van der Waals surface area contributed by atoms with Crippen molar-refractivity contribution < 1.29 is 9.59 Å². The minimum absolute atomic E-state index is 0.00292. The molecule has 1 heterocycles. The van der Waals surface area contributed by atoms with Crippen LogP contribution in [-0.4, -0.2) is 11.7 Å². The lowest BCUT2D eigenvalue weighted by atomic mass is 10.00. The van der Waals surface area contributed by atoms with Crippen molar-refractivity contribution in [2.45, 2.75) is 13.3 Å². The minimum Gasteiger partial charge on any atom is -0.321 e. The number of halogens is 1. The van der Waals surface area contributed by atoms with E-state index in [-0.39, 0.29) is 18.1 Å². The first-order chi connectivity index (χ1) is 11.5. The Labute approximate surface area is 148 Å². The average molecular weight is 380 g/mol. The summed E-state index contributed by atoms with van der Waals surface area (Å²) in [5.41, 5.74) is 5.42. The number of hydrogen-bond donors (Lipinski definition) is 1. The van der Waals surface area contributed by atoms with Gasteiger partial charge in [-0.2, -0.15) is 0 Å². The number of nitrogens with one attached hydrogen (secondary N) is 1. The Balaban J connectivity index is 1.88. The van der Waals surface area contributed by atoms with Gasteiger partial charge in [-0.05, 0) is 35.8 Å². The van der Waals surface area contributed by atoms with E-state index in [4.69, 9.17) is 0 Å². The van der Waals surface area contributed by atoms with E-state index < -0.39 is 0 Å². The van der Waals surface area contributed by atoms with Crippen molar-refractivity contribution in [3.8, 4) is 0 Å². The van der Waals surface area contributed by atoms with Gasteiger partial charge in [-0.1, -0.05) is 57.9 Å². The number of rotatable bonds is 2. The molecule has 0 fully saturated rings. The number of hydrogen-bond acceptors (Lipinski definition) is 2. The zero-order chi connectivity index (χ0) is 16.8. The second-order valence-corrected chi connectivity index (χ2v) is 6.95. The fourth-order valence-corrected chi connectivity index (χ4v) is 3.48. The highest BCUT2D eigenvalue weighted by molar-refractivity contribution is 9.10. The fraction of sp³-hybridized carbons (Fsp3) is 0.100. The summed E-state index contributed by atoms with van der Waals surface area (Å²) in [6.07, 6.45) is 0.279. The quantitative estimate of drug-likeness (QED) is 0.855. The van der Waals surface area contributed by atoms with Crippen molar-refractivity contribution in [1.82, 2.24) is 5.32 Å². The van der Waals surface area contributed by atoms with E-state index in [1.54, 1.807) is 0 Å². The van der Waals surface area contributed by atoms with E-state index in [1.807, 2.05) is 55.5 Å². The highest BCUT2D eigenvalue weighted by Gasteiger charge is 2.40. The number of aryl methyl sites for hydroxylation is 1. The van der Waals surface area contributed by atoms with Crippen molar-refractivity contribution in [3.63, 3.8) is 0 Å². The number of carbonyl (C=O) groups excluding carboxylic acids is 2. The SMILES string of the molecule is Cc1ccc(C2=C3C(=O)NC(c4ccc(Br)cc4)=C3C(=O)C2)cc1. The second kappa shape index (κ2) is 5.56. The smallest absolute Gasteiger partial charge is 0.256 e. The molecule has 0 saturated heterocycles. The van der Waals surface area contributed by atoms with Gasteiger partial charge in [0.25, 0.3) is 5.91 Å². The van der Waals surface area contributed by atoms with Gasteiger partial charge in [-0.15, -0.1) is 0 Å². The molecule has 2 aliphatic rings. The van der Waals surface area contributed by atoms with Gasteiger partial charge >= 0.3 is 0 Å². The summed E-state index contributed by atoms with van der Waals surface area (Å²) < 4.78 is 0.954. The lowest BCUT2D eigenvalue weighted by molar-refractivity contribution is -0.116. The molecule has 4 heteroatoms. The third kappa shape index (κ3) is 2.34. The molecule has 0 saturated carbocycles. The van der Waals surface area contributed by atoms with E-state index in [0.717, 1.165) is 26.7 Å². The van der Waals surface area contributed by atoms with Crippen LogP contribution in [0.5, 0.6) is 0 Å². The first kappa shape index (κ1) is 15.1. The molecule has 4 rings (SSSR count). The van der Waals surface area contributed by atoms with Gasteiger partial charge < -0.3 is 5.32 Å². The van der Waals surface area contributed by atoms with E-state index >= 15 is 0 Å². The van der Waals surface area contributed by atoms with Crippen LogP contribution in [0.3, 0.4) is 0 Å². The summed E-state index contributed by atoms with van der Waals surface area (Å²) in [6.45, 7) is 2.01. The molecule has 118 valence electrons. The Hall–Kier alpha value is -2.46. The lowest BCUT2D eigenvalue weighted by Crippen LogP contribution is -2.16. The third-order valence-corrected chi connectivity index (χ3v) is 4.95. The van der Waals surface area contributed by atoms with Crippen LogP contribution in [-0.2, 0) is 9.59 Å². The van der Waals surface area contributed by atoms with Gasteiger partial charge in [0.15, 0.2) is 5.78 Å². The molecule has 0 bridgehead atoms. The first-order valence-corrected chi connectivity index (χ1v) is 8.49. The van der Waals surface area contributed by atoms with Gasteiger partial charge in [0.2, 0.25) is 0 Å². The summed E-state index contributed by atoms with van der Waals surface area (Å²) in [4.78, 5) is 25.1. The second-order valence-electron chi connectivity index (χ2n) is 6.03. The largest absolute Gasteiger partial charge is 0.321 e. The molecule has 1 aliphatic carbocycles. The maximum Gasteiger partial charge on any atom is 0.256 e. The number of benzene rings is 2. The van der Waals surface area contributed by atoms with Crippen LogP contribution in [0.2, 0.25) is 0 Å². The zero-order valence-electron chi connectivity index (χ0n) is 13.0. The molecule has 3 nitrogen and oxygen atoms in total. The normalized spacial score (nSPS) is 16.8. The molecule has 1 amide bonds. The Bertz CT molecular complexity index is 855. The summed E-state index contributed by atoms with van der Waals surface area (Å²) in [5, 5.41) is 2.88. The predicted octanol–water partition coefficient (Wildman–Crippen LogP) is 4.03. The summed E-state index contributed by atoms with van der Waals surface area (Å²) in [5.74, 6) is -0.193. The first-order valence-electron chi connectivity index (χ1n) is 7.70. The maximum absolute atomic E-state index is 12.6. The topological polar surface area (TPSA) is 46.2 Å². The van der Waals surface area contributed by atoms with Crippen LogP contribution < -0.4 is 5.32 Å². The molecule has 0 atom stereocenters. The molecule has 0 aromatic heterocycles. The third-order valence-electron chi connectivity index (χ3n) is 4.42. The lowest BCUT2D eigenvalue weighted by Gasteiger charge is -2.06. The van der Waals surface area contributed by atoms with Crippen molar-refractivity contribution in [2.24, 2.45) is 0 Å². The number of allylic oxidation sites excluding steroid dienone is 1. The number of fused-ring (bicyclic) bond motifs is 1. The van der Waals surface area contributed by atoms with E-state index in [0.29, 0.717) is 16.8 Å². The molecular weight excluding hydrogens is 366 g/mol. The molecule has 0 unspecified atom stereocenters. The standard InChI is InChI=1S/C20H14BrNO2/c1-11-2-4-12(5-3-11)15-10-16(23)18-17(15)20(24)22-19(18)13-6-8-14(21)9-7-13/h2-9H,10H2,1H3,(H,22,24). The molecule has 2 aromatic rings. The predicted molar refractivity (Wildman–Crippen MR) is 96.9 cm³/mol. The van der Waals surface area contributed by atoms with Gasteiger partial charge in [0.05, 0.1) is 16.8 Å². The van der Waals surface area contributed by atoms with Crippen molar-refractivity contribution in [3.05, 3.63) is 80.8 Å². The Morgan fingerprint density at radius 3 is 2.17 bits per heavy atom. The van der Waals surface area contributed by atoms with Crippen LogP contribution in [0, 0.1) is 6.92 Å². The molecular formula is C20H14BrNO2. The monoisotopic (exact) mass is 379 g/mol. The number of Topliss-reactive ketones (excluding diaryl/α,β-unsaturated/α-hetero) is 1. The van der Waals surface area contributed by atoms with E-state index in [9.17, 15) is 9.59 Å². The molecule has 24 heavy (non-hydrogen) atoms. The number of ketones is 1. The van der Waals surface area contributed by atoms with Crippen LogP contribution in [0.25, 0.3) is 11.3 Å². The van der Waals surface area contributed by atoms with Crippen molar-refractivity contribution in [2.75, 3.05) is 0 Å². The molecule has 0 spiro atoms. The average Bonchev–Trinajstić information content (AvgIpc) is 3.08. The van der Waals surface area contributed by atoms with Crippen LogP contribution in [0.1, 0.15) is 23.1 Å². The van der Waals surface area contributed by atoms with Gasteiger partial charge in [0, 0.05) is 10.9 Å². The number of carbonyl (C=O) groups is 2. The molecule has 0 radical (unpaired) electrons. The Kier molecular flexibility index (Phi) is 3.50. The highest BCUT2D eigenvalue weighted by Crippen LogP contribution is 2.42. The maximum atomic E-state index is 12.6. The number of amides is 1. The highest BCUT2D eigenvalue weighted by atomic mass is 79.9. The zero-order valence-corrected chi connectivity index (χ0v) is 14.6. The van der Waals surface area contributed by atoms with Crippen LogP contribution >= 0.6 is 15.9 Å². The van der Waals surface area contributed by atoms with Gasteiger partial charge in [0.1, 0.15) is 0 Å². The van der Waals surface area contributed by atoms with Crippen molar-refractivity contribution >= 4 is 38.9 Å². The van der Waals surface area contributed by atoms with Gasteiger partial charge in [-0.3, -0.25) is 9.59 Å². The van der Waals surface area contributed by atoms with E-state index in [1.165, 1.54) is 0 Å². The Morgan fingerprint density at radius 2 is 1.50 bits per heavy atom. The molecule has 1 aliphatic heterocycles. The van der Waals surface area contributed by atoms with Crippen molar-refractivity contribution in [1.29, 1.82) is 0 Å². The minimum atomic E-state index is -0.190. The molecule has 1 N–H and O–H groups in total. The van der Waals surface area contributed by atoms with Crippen LogP contribution in [0.4, 0.5) is 0 Å². The van der Waals surface area contributed by atoms with E-state index in [2.05, 4.69) is 21.2 Å². The Morgan fingerprint density at radius 1 is 0.875 bits per heavy atom. The van der Waals surface area contributed by atoms with Gasteiger partial charge in [-0.25, -0.2) is 0 Å². The fourth-order valence-electron chi connectivity index (χ4n) is 3.22. The summed E-state index contributed by atoms with van der Waals surface area (Å²) in [6, 6.07) is 15.5. The van der Waals surface area contributed by atoms with Crippen LogP contribution in [0.15, 0.2) is 64.1 Å². The molecule has 2 aromatic carbocycles. The summed E-state index contributed by atoms with van der Waals surface area (Å²) in [7, 11) is 0. The summed E-state index contributed by atoms with van der Waals surface area (Å²) >= 11 is 3.40.